The average Bonchev–Trinajstić information content (AvgIpc) is 2.74. The Labute approximate surface area is 186 Å². The van der Waals surface area contributed by atoms with Crippen LogP contribution in [0.4, 0.5) is 0 Å². The van der Waals surface area contributed by atoms with Gasteiger partial charge in [0.25, 0.3) is 0 Å². The van der Waals surface area contributed by atoms with Gasteiger partial charge in [-0.15, -0.1) is 0 Å². The van der Waals surface area contributed by atoms with Gasteiger partial charge in [0.05, 0.1) is 12.2 Å². The lowest BCUT2D eigenvalue weighted by Crippen LogP contribution is -2.21. The SMILES string of the molecule is CCCCCCCCCCCCCOC(=O)COCC(=O)Oc1ccccc1C(C)=O. The van der Waals surface area contributed by atoms with Gasteiger partial charge < -0.3 is 14.2 Å². The fourth-order valence-electron chi connectivity index (χ4n) is 3.21. The van der Waals surface area contributed by atoms with E-state index in [0.29, 0.717) is 12.2 Å². The van der Waals surface area contributed by atoms with Crippen molar-refractivity contribution < 1.29 is 28.6 Å². The van der Waals surface area contributed by atoms with E-state index in [1.54, 1.807) is 18.2 Å². The fourth-order valence-corrected chi connectivity index (χ4v) is 3.21. The number of hydrogen-bond donors (Lipinski definition) is 0. The molecule has 0 amide bonds. The van der Waals surface area contributed by atoms with Gasteiger partial charge in [-0.1, -0.05) is 83.3 Å². The number of Topliss-reactive ketones (excluding diaryl/α,β-unsaturated/α-hetero) is 1. The molecule has 1 rings (SSSR count). The normalized spacial score (nSPS) is 10.6. The van der Waals surface area contributed by atoms with Crippen LogP contribution in [0.1, 0.15) is 94.8 Å². The second kappa shape index (κ2) is 17.5. The van der Waals surface area contributed by atoms with Crippen molar-refractivity contribution in [1.29, 1.82) is 0 Å². The zero-order chi connectivity index (χ0) is 22.7. The molecule has 0 spiro atoms. The van der Waals surface area contributed by atoms with E-state index in [-0.39, 0.29) is 24.7 Å². The van der Waals surface area contributed by atoms with Gasteiger partial charge in [0.2, 0.25) is 0 Å². The van der Waals surface area contributed by atoms with Crippen LogP contribution in [0, 0.1) is 0 Å². The number of unbranched alkanes of at least 4 members (excludes halogenated alkanes) is 10. The maximum atomic E-state index is 11.8. The van der Waals surface area contributed by atoms with E-state index < -0.39 is 11.9 Å². The summed E-state index contributed by atoms with van der Waals surface area (Å²) in [4.78, 5) is 35.0. The van der Waals surface area contributed by atoms with E-state index in [9.17, 15) is 14.4 Å². The Kier molecular flexibility index (Phi) is 15.1. The smallest absolute Gasteiger partial charge is 0.337 e. The van der Waals surface area contributed by atoms with E-state index in [4.69, 9.17) is 14.2 Å². The predicted octanol–water partition coefficient (Wildman–Crippen LogP) is 5.67. The van der Waals surface area contributed by atoms with E-state index in [1.165, 1.54) is 64.4 Å². The van der Waals surface area contributed by atoms with Crippen LogP contribution in [0.25, 0.3) is 0 Å². The van der Waals surface area contributed by atoms with Crippen molar-refractivity contribution in [3.05, 3.63) is 29.8 Å². The molecule has 0 aliphatic heterocycles. The summed E-state index contributed by atoms with van der Waals surface area (Å²) >= 11 is 0. The van der Waals surface area contributed by atoms with Crippen LogP contribution >= 0.6 is 0 Å². The van der Waals surface area contributed by atoms with E-state index in [0.717, 1.165) is 19.3 Å². The molecule has 6 heteroatoms. The lowest BCUT2D eigenvalue weighted by Gasteiger charge is -2.08. The van der Waals surface area contributed by atoms with E-state index in [1.807, 2.05) is 0 Å². The Morgan fingerprint density at radius 3 is 1.90 bits per heavy atom. The van der Waals surface area contributed by atoms with Gasteiger partial charge in [-0.05, 0) is 25.5 Å². The highest BCUT2D eigenvalue weighted by Gasteiger charge is 2.13. The molecule has 0 fully saturated rings. The molecule has 6 nitrogen and oxygen atoms in total. The summed E-state index contributed by atoms with van der Waals surface area (Å²) in [6, 6.07) is 6.48. The number of carbonyl (C=O) groups is 3. The third-order valence-corrected chi connectivity index (χ3v) is 4.94. The minimum atomic E-state index is -0.674. The molecule has 31 heavy (non-hydrogen) atoms. The molecule has 0 aliphatic carbocycles. The molecule has 0 aliphatic rings. The molecule has 174 valence electrons. The monoisotopic (exact) mass is 434 g/mol. The second-order valence-corrected chi connectivity index (χ2v) is 7.78. The molecular formula is C25H38O6. The van der Waals surface area contributed by atoms with Crippen molar-refractivity contribution >= 4 is 17.7 Å². The molecule has 0 saturated heterocycles. The zero-order valence-corrected chi connectivity index (χ0v) is 19.2. The first kappa shape index (κ1) is 26.8. The summed E-state index contributed by atoms with van der Waals surface area (Å²) in [6.07, 6.45) is 13.6. The Balaban J connectivity index is 1.99. The number of esters is 2. The number of ether oxygens (including phenoxy) is 3. The van der Waals surface area contributed by atoms with E-state index in [2.05, 4.69) is 6.92 Å². The number of ketones is 1. The highest BCUT2D eigenvalue weighted by molar-refractivity contribution is 5.97. The minimum Gasteiger partial charge on any atom is -0.464 e. The molecule has 0 atom stereocenters. The van der Waals surface area contributed by atoms with Crippen LogP contribution in [0.3, 0.4) is 0 Å². The van der Waals surface area contributed by atoms with Gasteiger partial charge >= 0.3 is 11.9 Å². The largest absolute Gasteiger partial charge is 0.464 e. The third-order valence-electron chi connectivity index (χ3n) is 4.94. The summed E-state index contributed by atoms with van der Waals surface area (Å²) < 4.78 is 15.3. The first-order valence-corrected chi connectivity index (χ1v) is 11.6. The Morgan fingerprint density at radius 2 is 1.29 bits per heavy atom. The van der Waals surface area contributed by atoms with Gasteiger partial charge in [0, 0.05) is 0 Å². The fraction of sp³-hybridized carbons (Fsp3) is 0.640. The third kappa shape index (κ3) is 13.7. The molecular weight excluding hydrogens is 396 g/mol. The van der Waals surface area contributed by atoms with Crippen molar-refractivity contribution in [3.63, 3.8) is 0 Å². The zero-order valence-electron chi connectivity index (χ0n) is 19.2. The molecule has 0 saturated carbocycles. The quantitative estimate of drug-likeness (QED) is 0.128. The summed E-state index contributed by atoms with van der Waals surface area (Å²) in [5, 5.41) is 0. The van der Waals surface area contributed by atoms with Crippen molar-refractivity contribution in [1.82, 2.24) is 0 Å². The molecule has 0 radical (unpaired) electrons. The standard InChI is InChI=1S/C25H38O6/c1-3-4-5-6-7-8-9-10-11-12-15-18-30-24(27)19-29-20-25(28)31-23-17-14-13-16-22(23)21(2)26/h13-14,16-17H,3-12,15,18-20H2,1-2H3. The summed E-state index contributed by atoms with van der Waals surface area (Å²) in [5.41, 5.74) is 0.322. The van der Waals surface area contributed by atoms with Crippen LogP contribution in [-0.4, -0.2) is 37.5 Å². The molecule has 0 heterocycles. The summed E-state index contributed by atoms with van der Waals surface area (Å²) in [7, 11) is 0. The Bertz CT molecular complexity index is 655. The van der Waals surface area contributed by atoms with Gasteiger partial charge in [-0.2, -0.15) is 0 Å². The van der Waals surface area contributed by atoms with Crippen molar-refractivity contribution in [2.75, 3.05) is 19.8 Å². The Hall–Kier alpha value is -2.21. The van der Waals surface area contributed by atoms with Crippen molar-refractivity contribution in [3.8, 4) is 5.75 Å². The number of benzene rings is 1. The summed E-state index contributed by atoms with van der Waals surface area (Å²) in [6.45, 7) is 3.31. The summed E-state index contributed by atoms with van der Waals surface area (Å²) in [5.74, 6) is -1.19. The lowest BCUT2D eigenvalue weighted by molar-refractivity contribution is -0.152. The topological polar surface area (TPSA) is 78.9 Å². The van der Waals surface area contributed by atoms with Crippen LogP contribution in [-0.2, 0) is 19.1 Å². The molecule has 0 aromatic heterocycles. The lowest BCUT2D eigenvalue weighted by atomic mass is 10.1. The van der Waals surface area contributed by atoms with Crippen LogP contribution in [0.5, 0.6) is 5.75 Å². The average molecular weight is 435 g/mol. The van der Waals surface area contributed by atoms with Crippen LogP contribution in [0.15, 0.2) is 24.3 Å². The van der Waals surface area contributed by atoms with Gasteiger partial charge in [0.1, 0.15) is 19.0 Å². The van der Waals surface area contributed by atoms with Crippen LogP contribution < -0.4 is 4.74 Å². The highest BCUT2D eigenvalue weighted by atomic mass is 16.6. The molecule has 0 N–H and O–H groups in total. The minimum absolute atomic E-state index is 0.183. The predicted molar refractivity (Wildman–Crippen MR) is 120 cm³/mol. The number of carbonyl (C=O) groups excluding carboxylic acids is 3. The second-order valence-electron chi connectivity index (χ2n) is 7.78. The maximum absolute atomic E-state index is 11.8. The molecule has 0 unspecified atom stereocenters. The maximum Gasteiger partial charge on any atom is 0.337 e. The van der Waals surface area contributed by atoms with E-state index >= 15 is 0 Å². The molecule has 0 bridgehead atoms. The van der Waals surface area contributed by atoms with Crippen LogP contribution in [0.2, 0.25) is 0 Å². The first-order valence-electron chi connectivity index (χ1n) is 11.6. The Morgan fingerprint density at radius 1 is 0.742 bits per heavy atom. The van der Waals surface area contributed by atoms with Gasteiger partial charge in [-0.25, -0.2) is 9.59 Å². The molecule has 1 aromatic carbocycles. The van der Waals surface area contributed by atoms with Gasteiger partial charge in [0.15, 0.2) is 5.78 Å². The van der Waals surface area contributed by atoms with Crippen molar-refractivity contribution in [2.24, 2.45) is 0 Å². The van der Waals surface area contributed by atoms with Crippen molar-refractivity contribution in [2.45, 2.75) is 84.5 Å². The van der Waals surface area contributed by atoms with Gasteiger partial charge in [-0.3, -0.25) is 4.79 Å². The number of para-hydroxylation sites is 1. The molecule has 1 aromatic rings. The highest BCUT2D eigenvalue weighted by Crippen LogP contribution is 2.18. The number of rotatable bonds is 18. The first-order chi connectivity index (χ1) is 15.0. The number of hydrogen-bond acceptors (Lipinski definition) is 6.